The Labute approximate surface area is 173 Å². The third-order valence-electron chi connectivity index (χ3n) is 7.92. The second-order valence-electron chi connectivity index (χ2n) is 9.32. The van der Waals surface area contributed by atoms with Crippen LogP contribution >= 0.6 is 11.6 Å². The van der Waals surface area contributed by atoms with Crippen LogP contribution in [-0.4, -0.2) is 47.2 Å². The molecule has 1 aromatic carbocycles. The number of benzene rings is 1. The van der Waals surface area contributed by atoms with E-state index in [1.165, 1.54) is 57.8 Å². The molecule has 0 N–H and O–H groups in total. The Morgan fingerprint density at radius 3 is 2.50 bits per heavy atom. The summed E-state index contributed by atoms with van der Waals surface area (Å²) < 4.78 is 0.295. The van der Waals surface area contributed by atoms with Crippen LogP contribution in [0.1, 0.15) is 64.2 Å². The number of carbonyl (C=O) groups excluding carboxylic acids is 1. The molecule has 2 bridgehead atoms. The van der Waals surface area contributed by atoms with Crippen LogP contribution in [0.25, 0.3) is 0 Å². The van der Waals surface area contributed by atoms with Crippen LogP contribution in [0.5, 0.6) is 0 Å². The van der Waals surface area contributed by atoms with Gasteiger partial charge in [-0.2, -0.15) is 0 Å². The Morgan fingerprint density at radius 1 is 1.00 bits per heavy atom. The molecule has 3 heterocycles. The minimum Gasteiger partial charge on any atom is -0.289 e. The first-order valence-corrected chi connectivity index (χ1v) is 11.5. The number of amides is 1. The SMILES string of the molecule is C[N+]1([C@@H]2C[C@@H]3CCC2N3C2CCCCCCC2)C(=O)C(Cl)=Nc2ccccc21. The van der Waals surface area contributed by atoms with Gasteiger partial charge in [0.2, 0.25) is 5.17 Å². The molecular formula is C23H31ClN3O+. The molecule has 3 aliphatic heterocycles. The van der Waals surface area contributed by atoms with Gasteiger partial charge < -0.3 is 0 Å². The average molecular weight is 401 g/mol. The zero-order valence-corrected chi connectivity index (χ0v) is 17.6. The van der Waals surface area contributed by atoms with Gasteiger partial charge in [-0.05, 0) is 31.7 Å². The van der Waals surface area contributed by atoms with E-state index in [1.54, 1.807) is 0 Å². The zero-order chi connectivity index (χ0) is 19.3. The molecule has 0 aromatic heterocycles. The molecule has 28 heavy (non-hydrogen) atoms. The van der Waals surface area contributed by atoms with Gasteiger partial charge in [-0.3, -0.25) is 4.90 Å². The second kappa shape index (κ2) is 7.23. The van der Waals surface area contributed by atoms with Gasteiger partial charge in [0.1, 0.15) is 11.7 Å². The number of hydrogen-bond acceptors (Lipinski definition) is 3. The molecule has 5 rings (SSSR count). The number of likely N-dealkylation sites (N-methyl/N-ethyl adjacent to an activating group) is 1. The van der Waals surface area contributed by atoms with Gasteiger partial charge >= 0.3 is 5.91 Å². The number of quaternary nitrogens is 1. The minimum atomic E-state index is -0.0319. The van der Waals surface area contributed by atoms with Crippen molar-refractivity contribution < 1.29 is 4.79 Å². The van der Waals surface area contributed by atoms with Gasteiger partial charge in [-0.25, -0.2) is 14.3 Å². The first kappa shape index (κ1) is 18.8. The topological polar surface area (TPSA) is 32.7 Å². The fourth-order valence-corrected chi connectivity index (χ4v) is 6.86. The number of para-hydroxylation sites is 2. The molecule has 4 aliphatic rings. The average Bonchev–Trinajstić information content (AvgIpc) is 3.24. The molecule has 5 heteroatoms. The smallest absolute Gasteiger partial charge is 0.289 e. The normalized spacial score (nSPS) is 36.7. The van der Waals surface area contributed by atoms with Gasteiger partial charge in [-0.15, -0.1) is 0 Å². The number of rotatable bonds is 2. The van der Waals surface area contributed by atoms with E-state index in [9.17, 15) is 4.79 Å². The maximum atomic E-state index is 13.3. The summed E-state index contributed by atoms with van der Waals surface area (Å²) in [7, 11) is 2.08. The van der Waals surface area contributed by atoms with Gasteiger partial charge in [0.15, 0.2) is 5.69 Å². The first-order chi connectivity index (χ1) is 13.6. The standard InChI is InChI=1S/C23H31ClN3O/c1-27(20-12-8-7-11-18(20)25-22(24)23(27)28)21-15-17-13-14-19(21)26(17)16-9-5-3-2-4-6-10-16/h7-8,11-12,16-17,19,21H,2-6,9-10,13-15H2,1H3/q+1/t17-,19?,21+,27?/m0/s1. The molecule has 1 amide bonds. The molecule has 3 fully saturated rings. The predicted octanol–water partition coefficient (Wildman–Crippen LogP) is 5.15. The van der Waals surface area contributed by atoms with E-state index in [0.717, 1.165) is 17.8 Å². The quantitative estimate of drug-likeness (QED) is 0.643. The van der Waals surface area contributed by atoms with Crippen molar-refractivity contribution in [2.75, 3.05) is 7.05 Å². The van der Waals surface area contributed by atoms with E-state index in [1.807, 2.05) is 18.2 Å². The third kappa shape index (κ3) is 2.79. The summed E-state index contributed by atoms with van der Waals surface area (Å²) in [5, 5.41) is 0.140. The van der Waals surface area contributed by atoms with E-state index in [4.69, 9.17) is 11.6 Å². The number of halogens is 1. The lowest BCUT2D eigenvalue weighted by molar-refractivity contribution is -0.124. The summed E-state index contributed by atoms with van der Waals surface area (Å²) >= 11 is 6.36. The van der Waals surface area contributed by atoms with Crippen molar-refractivity contribution in [2.45, 2.75) is 88.4 Å². The highest BCUT2D eigenvalue weighted by Gasteiger charge is 2.60. The van der Waals surface area contributed by atoms with Crippen molar-refractivity contribution in [2.24, 2.45) is 4.99 Å². The van der Waals surface area contributed by atoms with Crippen molar-refractivity contribution in [3.05, 3.63) is 24.3 Å². The first-order valence-electron chi connectivity index (χ1n) is 11.1. The number of nitrogens with zero attached hydrogens (tertiary/aromatic N) is 3. The highest BCUT2D eigenvalue weighted by Crippen LogP contribution is 2.49. The van der Waals surface area contributed by atoms with Crippen LogP contribution in [0, 0.1) is 0 Å². The summed E-state index contributed by atoms with van der Waals surface area (Å²) in [5.41, 5.74) is 1.88. The molecule has 1 aromatic rings. The molecule has 4 nitrogen and oxygen atoms in total. The summed E-state index contributed by atoms with van der Waals surface area (Å²) in [6.07, 6.45) is 13.1. The molecule has 0 spiro atoms. The monoisotopic (exact) mass is 400 g/mol. The Balaban J connectivity index is 1.49. The van der Waals surface area contributed by atoms with Crippen molar-refractivity contribution in [1.29, 1.82) is 0 Å². The van der Waals surface area contributed by atoms with E-state index in [-0.39, 0.29) is 17.1 Å². The van der Waals surface area contributed by atoms with Gasteiger partial charge in [0.25, 0.3) is 0 Å². The third-order valence-corrected chi connectivity index (χ3v) is 8.16. The van der Waals surface area contributed by atoms with Crippen LogP contribution in [0.4, 0.5) is 11.4 Å². The number of carbonyl (C=O) groups is 1. The fourth-order valence-electron chi connectivity index (χ4n) is 6.59. The summed E-state index contributed by atoms with van der Waals surface area (Å²) in [6, 6.07) is 10.2. The molecular weight excluding hydrogens is 370 g/mol. The lowest BCUT2D eigenvalue weighted by atomic mass is 9.91. The van der Waals surface area contributed by atoms with Crippen LogP contribution in [-0.2, 0) is 4.79 Å². The number of hydrogen-bond donors (Lipinski definition) is 0. The summed E-state index contributed by atoms with van der Waals surface area (Å²) in [5.74, 6) is -0.0319. The zero-order valence-electron chi connectivity index (χ0n) is 16.8. The molecule has 1 saturated carbocycles. The van der Waals surface area contributed by atoms with E-state index < -0.39 is 0 Å². The Morgan fingerprint density at radius 2 is 1.71 bits per heavy atom. The lowest BCUT2D eigenvalue weighted by Crippen LogP contribution is -2.64. The summed E-state index contributed by atoms with van der Waals surface area (Å²) in [6.45, 7) is 0. The largest absolute Gasteiger partial charge is 0.381 e. The molecule has 4 atom stereocenters. The van der Waals surface area contributed by atoms with Crippen molar-refractivity contribution in [1.82, 2.24) is 9.38 Å². The summed E-state index contributed by atoms with van der Waals surface area (Å²) in [4.78, 5) is 20.6. The number of fused-ring (bicyclic) bond motifs is 3. The van der Waals surface area contributed by atoms with Crippen LogP contribution in [0.2, 0.25) is 0 Å². The van der Waals surface area contributed by atoms with E-state index in [2.05, 4.69) is 23.0 Å². The molecule has 0 radical (unpaired) electrons. The number of aliphatic imine (C=N–C) groups is 1. The Bertz CT molecular complexity index is 801. The van der Waals surface area contributed by atoms with Crippen molar-refractivity contribution in [3.8, 4) is 0 Å². The Hall–Kier alpha value is -1.23. The van der Waals surface area contributed by atoms with Gasteiger partial charge in [0, 0.05) is 24.6 Å². The maximum absolute atomic E-state index is 13.3. The highest BCUT2D eigenvalue weighted by molar-refractivity contribution is 6.84. The predicted molar refractivity (Wildman–Crippen MR) is 115 cm³/mol. The van der Waals surface area contributed by atoms with Crippen molar-refractivity contribution >= 4 is 34.1 Å². The lowest BCUT2D eigenvalue weighted by Gasteiger charge is -2.42. The maximum Gasteiger partial charge on any atom is 0.381 e. The van der Waals surface area contributed by atoms with Gasteiger partial charge in [0.05, 0.1) is 13.1 Å². The Kier molecular flexibility index (Phi) is 4.85. The molecule has 2 unspecified atom stereocenters. The fraction of sp³-hybridized carbons (Fsp3) is 0.652. The van der Waals surface area contributed by atoms with Gasteiger partial charge in [-0.1, -0.05) is 55.8 Å². The second-order valence-corrected chi connectivity index (χ2v) is 9.68. The minimum absolute atomic E-state index is 0.0319. The molecule has 1 aliphatic carbocycles. The van der Waals surface area contributed by atoms with Crippen LogP contribution in [0.15, 0.2) is 29.3 Å². The van der Waals surface area contributed by atoms with Crippen molar-refractivity contribution in [3.63, 3.8) is 0 Å². The molecule has 150 valence electrons. The van der Waals surface area contributed by atoms with Crippen LogP contribution < -0.4 is 4.48 Å². The highest BCUT2D eigenvalue weighted by atomic mass is 35.5. The molecule has 2 saturated heterocycles. The van der Waals surface area contributed by atoms with Crippen LogP contribution in [0.3, 0.4) is 0 Å². The van der Waals surface area contributed by atoms with E-state index in [0.29, 0.717) is 22.6 Å². The van der Waals surface area contributed by atoms with E-state index >= 15 is 0 Å².